The lowest BCUT2D eigenvalue weighted by Crippen LogP contribution is -1.87. The van der Waals surface area contributed by atoms with E-state index in [0.29, 0.717) is 0 Å². The number of hydrogen-bond donors (Lipinski definition) is 0. The van der Waals surface area contributed by atoms with Crippen LogP contribution in [-0.4, -0.2) is 0 Å². The molecule has 0 amide bonds. The van der Waals surface area contributed by atoms with Crippen molar-refractivity contribution in [2.24, 2.45) is 0 Å². The van der Waals surface area contributed by atoms with Gasteiger partial charge in [0, 0.05) is 9.75 Å². The van der Waals surface area contributed by atoms with Gasteiger partial charge in [-0.15, -0.1) is 17.1 Å². The minimum atomic E-state index is 0.0504. The molecule has 0 spiro atoms. The van der Waals surface area contributed by atoms with Crippen LogP contribution in [0.1, 0.15) is 0 Å². The molecule has 1 nitrogen and oxygen atoms in total. The second-order valence-corrected chi connectivity index (χ2v) is 6.33. The Kier molecular flexibility index (Phi) is 3.17. The Balaban J connectivity index is 1.73. The summed E-state index contributed by atoms with van der Waals surface area (Å²) in [7, 11) is 0. The molecule has 0 aliphatic heterocycles. The summed E-state index contributed by atoms with van der Waals surface area (Å²) < 4.78 is 0. The lowest BCUT2D eigenvalue weighted by atomic mass is 10.2. The molecule has 2 aliphatic carbocycles. The summed E-state index contributed by atoms with van der Waals surface area (Å²) in [6.07, 6.45) is 0. The van der Waals surface area contributed by atoms with Gasteiger partial charge in [0.2, 0.25) is 0 Å². The van der Waals surface area contributed by atoms with E-state index in [1.165, 1.54) is 26.4 Å². The van der Waals surface area contributed by atoms with E-state index in [-0.39, 0.29) is 5.75 Å². The van der Waals surface area contributed by atoms with Gasteiger partial charge < -0.3 is 5.11 Å². The van der Waals surface area contributed by atoms with Crippen molar-refractivity contribution in [2.75, 3.05) is 0 Å². The number of thiophene rings is 1. The van der Waals surface area contributed by atoms with E-state index in [4.69, 9.17) is 0 Å². The number of hydrogen-bond acceptors (Lipinski definition) is 2. The summed E-state index contributed by atoms with van der Waals surface area (Å²) in [4.78, 5) is 2.42. The normalized spacial score (nSPS) is 10.9. The van der Waals surface area contributed by atoms with Crippen molar-refractivity contribution in [1.29, 1.82) is 0 Å². The third kappa shape index (κ3) is 2.38. The van der Waals surface area contributed by atoms with Crippen molar-refractivity contribution < 1.29 is 5.11 Å². The third-order valence-corrected chi connectivity index (χ3v) is 4.98. The van der Waals surface area contributed by atoms with Crippen molar-refractivity contribution in [3.8, 4) is 37.8 Å². The summed E-state index contributed by atoms with van der Waals surface area (Å²) in [5, 5.41) is 11.2. The molecule has 0 N–H and O–H groups in total. The Morgan fingerprint density at radius 3 is 1.50 bits per heavy atom. The van der Waals surface area contributed by atoms with Gasteiger partial charge in [-0.3, -0.25) is 0 Å². The highest BCUT2D eigenvalue weighted by Gasteiger charge is 2.05. The summed E-state index contributed by atoms with van der Waals surface area (Å²) in [6, 6.07) is 26.3. The van der Waals surface area contributed by atoms with E-state index in [1.807, 2.05) is 12.1 Å². The third-order valence-electron chi connectivity index (χ3n) is 3.80. The molecule has 0 bridgehead atoms. The van der Waals surface area contributed by atoms with Crippen molar-refractivity contribution in [1.82, 2.24) is 0 Å². The van der Waals surface area contributed by atoms with Crippen molar-refractivity contribution in [3.63, 3.8) is 0 Å². The lowest BCUT2D eigenvalue weighted by molar-refractivity contribution is -0.268. The van der Waals surface area contributed by atoms with Crippen LogP contribution >= 0.6 is 11.3 Å². The monoisotopic (exact) mass is 301 g/mol. The minimum absolute atomic E-state index is 0.0504. The molecule has 2 aromatic rings. The largest absolute Gasteiger partial charge is 0.872 e. The van der Waals surface area contributed by atoms with Gasteiger partial charge >= 0.3 is 0 Å². The Morgan fingerprint density at radius 2 is 0.955 bits per heavy atom. The molecule has 106 valence electrons. The van der Waals surface area contributed by atoms with E-state index >= 15 is 0 Å². The Labute approximate surface area is 133 Å². The Bertz CT molecular complexity index is 859. The quantitative estimate of drug-likeness (QED) is 0.495. The lowest BCUT2D eigenvalue weighted by Gasteiger charge is -2.04. The number of benzene rings is 1. The van der Waals surface area contributed by atoms with Gasteiger partial charge in [-0.2, -0.15) is 0 Å². The van der Waals surface area contributed by atoms with Gasteiger partial charge in [-0.1, -0.05) is 66.7 Å². The summed E-state index contributed by atoms with van der Waals surface area (Å²) >= 11 is 1.75. The maximum atomic E-state index is 11.2. The van der Waals surface area contributed by atoms with Crippen LogP contribution in [0.5, 0.6) is 5.75 Å². The Morgan fingerprint density at radius 1 is 0.500 bits per heavy atom. The van der Waals surface area contributed by atoms with Crippen molar-refractivity contribution in [2.45, 2.75) is 0 Å². The molecule has 1 aromatic carbocycles. The molecule has 2 heteroatoms. The standard InChI is InChI=1S/C20H14OS/c21-18-10-8-17(9-11-18)20-13-12-19(22-20)16-6-4-14-2-1-3-15(14)5-7-16/h1-13,21H/p-1. The zero-order valence-corrected chi connectivity index (χ0v) is 12.6. The molecule has 1 heterocycles. The summed E-state index contributed by atoms with van der Waals surface area (Å²) in [6.45, 7) is 0. The maximum absolute atomic E-state index is 11.2. The van der Waals surface area contributed by atoms with Gasteiger partial charge in [-0.05, 0) is 34.4 Å². The highest BCUT2D eigenvalue weighted by Crippen LogP contribution is 2.35. The second kappa shape index (κ2) is 5.32. The van der Waals surface area contributed by atoms with Crippen LogP contribution in [0.3, 0.4) is 0 Å². The highest BCUT2D eigenvalue weighted by atomic mass is 32.1. The molecule has 0 saturated carbocycles. The van der Waals surface area contributed by atoms with Crippen molar-refractivity contribution >= 4 is 11.3 Å². The van der Waals surface area contributed by atoms with E-state index in [9.17, 15) is 5.11 Å². The number of fused-ring (bicyclic) bond motifs is 1. The Hall–Kier alpha value is -2.58. The molecular formula is C20H13OS-. The highest BCUT2D eigenvalue weighted by molar-refractivity contribution is 7.18. The van der Waals surface area contributed by atoms with Gasteiger partial charge in [0.05, 0.1) is 0 Å². The van der Waals surface area contributed by atoms with Crippen LogP contribution in [0.2, 0.25) is 0 Å². The maximum Gasteiger partial charge on any atom is 0.0349 e. The minimum Gasteiger partial charge on any atom is -0.872 e. The van der Waals surface area contributed by atoms with E-state index in [1.54, 1.807) is 23.5 Å². The van der Waals surface area contributed by atoms with Gasteiger partial charge in [0.1, 0.15) is 0 Å². The fourth-order valence-corrected chi connectivity index (χ4v) is 3.61. The molecule has 0 radical (unpaired) electrons. The van der Waals surface area contributed by atoms with E-state index in [0.717, 1.165) is 5.56 Å². The van der Waals surface area contributed by atoms with Gasteiger partial charge in [-0.25, -0.2) is 0 Å². The summed E-state index contributed by atoms with van der Waals surface area (Å²) in [5.41, 5.74) is 4.82. The van der Waals surface area contributed by atoms with Crippen molar-refractivity contribution in [3.05, 3.63) is 78.9 Å². The average Bonchev–Trinajstić information content (AvgIpc) is 3.15. The smallest absolute Gasteiger partial charge is 0.0349 e. The molecule has 0 fully saturated rings. The molecule has 0 saturated heterocycles. The molecule has 0 unspecified atom stereocenters. The van der Waals surface area contributed by atoms with Gasteiger partial charge in [0.15, 0.2) is 0 Å². The number of rotatable bonds is 2. The second-order valence-electron chi connectivity index (χ2n) is 5.25. The predicted octanol–water partition coefficient (Wildman–Crippen LogP) is 5.26. The molecular weight excluding hydrogens is 288 g/mol. The first kappa shape index (κ1) is 13.1. The first-order valence-corrected chi connectivity index (χ1v) is 7.98. The molecule has 22 heavy (non-hydrogen) atoms. The van der Waals surface area contributed by atoms with Crippen LogP contribution in [0.15, 0.2) is 78.9 Å². The fraction of sp³-hybridized carbons (Fsp3) is 0. The molecule has 4 rings (SSSR count). The SMILES string of the molecule is [O-]c1ccc(-c2ccc(-c3ccc4cccc-4cc3)s2)cc1. The zero-order valence-electron chi connectivity index (χ0n) is 11.8. The molecule has 0 atom stereocenters. The first-order valence-electron chi connectivity index (χ1n) is 7.16. The first-order chi connectivity index (χ1) is 10.8. The van der Waals surface area contributed by atoms with Crippen LogP contribution in [0.25, 0.3) is 32.0 Å². The van der Waals surface area contributed by atoms with Gasteiger partial charge in [0.25, 0.3) is 0 Å². The van der Waals surface area contributed by atoms with Crippen LogP contribution in [0, 0.1) is 0 Å². The molecule has 2 aliphatic rings. The van der Waals surface area contributed by atoms with E-state index < -0.39 is 0 Å². The topological polar surface area (TPSA) is 23.1 Å². The average molecular weight is 301 g/mol. The molecule has 1 aromatic heterocycles. The van der Waals surface area contributed by atoms with Crippen LogP contribution in [0.4, 0.5) is 0 Å². The van der Waals surface area contributed by atoms with Crippen LogP contribution in [-0.2, 0) is 0 Å². The fourth-order valence-electron chi connectivity index (χ4n) is 2.60. The summed E-state index contributed by atoms with van der Waals surface area (Å²) in [5.74, 6) is 0.0504. The predicted molar refractivity (Wildman–Crippen MR) is 91.3 cm³/mol. The van der Waals surface area contributed by atoms with Crippen LogP contribution < -0.4 is 5.11 Å². The zero-order chi connectivity index (χ0) is 14.9. The van der Waals surface area contributed by atoms with E-state index in [2.05, 4.69) is 54.6 Å².